The molecule has 0 spiro atoms. The topological polar surface area (TPSA) is 98.0 Å². The monoisotopic (exact) mass is 388 g/mol. The molecule has 1 aromatic heterocycles. The minimum atomic E-state index is -0.147. The maximum absolute atomic E-state index is 9.48. The number of hydrogen-bond acceptors (Lipinski definition) is 6. The number of nitrogens with zero attached hydrogens (tertiary/aromatic N) is 2. The van der Waals surface area contributed by atoms with Gasteiger partial charge in [0.05, 0.1) is 16.5 Å². The van der Waals surface area contributed by atoms with E-state index in [0.717, 1.165) is 28.2 Å². The molecular formula is C22H20N4OS. The van der Waals surface area contributed by atoms with Crippen LogP contribution in [-0.2, 0) is 6.42 Å². The molecular weight excluding hydrogens is 368 g/mol. The molecule has 4 N–H and O–H groups in total. The lowest BCUT2D eigenvalue weighted by atomic mass is 9.97. The second kappa shape index (κ2) is 7.10. The van der Waals surface area contributed by atoms with E-state index in [0.29, 0.717) is 17.1 Å². The van der Waals surface area contributed by atoms with Crippen molar-refractivity contribution < 1.29 is 4.74 Å². The lowest BCUT2D eigenvalue weighted by Crippen LogP contribution is -2.15. The zero-order valence-electron chi connectivity index (χ0n) is 15.7. The highest BCUT2D eigenvalue weighted by Gasteiger charge is 2.33. The van der Waals surface area contributed by atoms with Gasteiger partial charge in [-0.05, 0) is 37.1 Å². The number of nitrogens with two attached hydrogens (primary N) is 2. The van der Waals surface area contributed by atoms with Crippen molar-refractivity contribution in [2.75, 3.05) is 11.5 Å². The van der Waals surface area contributed by atoms with Gasteiger partial charge in [0.1, 0.15) is 23.2 Å². The molecule has 0 bridgehead atoms. The molecule has 2 heterocycles. The highest BCUT2D eigenvalue weighted by molar-refractivity contribution is 7.99. The Morgan fingerprint density at radius 3 is 2.61 bits per heavy atom. The summed E-state index contributed by atoms with van der Waals surface area (Å²) in [5.41, 5.74) is 17.0. The fraction of sp³-hybridized carbons (Fsp3) is 0.182. The summed E-state index contributed by atoms with van der Waals surface area (Å²) in [5, 5.41) is 9.33. The van der Waals surface area contributed by atoms with Gasteiger partial charge in [-0.1, -0.05) is 36.8 Å². The first kappa shape index (κ1) is 18.2. The Hall–Kier alpha value is -3.17. The summed E-state index contributed by atoms with van der Waals surface area (Å²) in [6.45, 7) is 4.18. The molecule has 0 radical (unpaired) electrons. The van der Waals surface area contributed by atoms with Gasteiger partial charge in [0.2, 0.25) is 5.88 Å². The van der Waals surface area contributed by atoms with Gasteiger partial charge < -0.3 is 16.2 Å². The Balaban J connectivity index is 1.88. The standard InChI is InChI=1S/C22H20N4OS/c1-3-13-5-7-14(8-6-13)28-20-15-10-12(2)4-9-17(15)27-22-18(20)19(24)16(11-23)21(25)26-22/h4-10,20H,3H2,1-2H3,(H4,24,25,26). The number of anilines is 2. The number of aromatic nitrogens is 1. The SMILES string of the molecule is CCc1ccc(SC2c3cc(C)ccc3Oc3nc(N)c(C#N)c(N)c32)cc1. The molecule has 6 heteroatoms. The summed E-state index contributed by atoms with van der Waals surface area (Å²) >= 11 is 1.67. The van der Waals surface area contributed by atoms with E-state index in [4.69, 9.17) is 16.2 Å². The van der Waals surface area contributed by atoms with Gasteiger partial charge in [0, 0.05) is 10.5 Å². The molecule has 0 amide bonds. The Kier molecular flexibility index (Phi) is 4.62. The molecule has 5 nitrogen and oxygen atoms in total. The maximum Gasteiger partial charge on any atom is 0.228 e. The Labute approximate surface area is 168 Å². The van der Waals surface area contributed by atoms with Crippen LogP contribution in [0.1, 0.15) is 40.0 Å². The Bertz CT molecular complexity index is 1100. The van der Waals surface area contributed by atoms with E-state index in [1.54, 1.807) is 11.8 Å². The average Bonchev–Trinajstić information content (AvgIpc) is 2.69. The van der Waals surface area contributed by atoms with Crippen LogP contribution in [0.4, 0.5) is 11.5 Å². The molecule has 0 aliphatic carbocycles. The van der Waals surface area contributed by atoms with Crippen LogP contribution < -0.4 is 16.2 Å². The minimum Gasteiger partial charge on any atom is -0.438 e. The van der Waals surface area contributed by atoms with Gasteiger partial charge in [-0.25, -0.2) is 0 Å². The molecule has 0 fully saturated rings. The van der Waals surface area contributed by atoms with E-state index in [1.165, 1.54) is 5.56 Å². The number of aryl methyl sites for hydroxylation is 2. The van der Waals surface area contributed by atoms with Crippen LogP contribution in [0.2, 0.25) is 0 Å². The summed E-state index contributed by atoms with van der Waals surface area (Å²) in [7, 11) is 0. The normalized spacial score (nSPS) is 14.5. The van der Waals surface area contributed by atoms with Gasteiger partial charge >= 0.3 is 0 Å². The number of thioether (sulfide) groups is 1. The van der Waals surface area contributed by atoms with E-state index in [2.05, 4.69) is 48.3 Å². The van der Waals surface area contributed by atoms with Crippen LogP contribution in [0.3, 0.4) is 0 Å². The van der Waals surface area contributed by atoms with Crippen molar-refractivity contribution in [3.63, 3.8) is 0 Å². The lowest BCUT2D eigenvalue weighted by Gasteiger charge is -2.29. The van der Waals surface area contributed by atoms with Gasteiger partial charge in [-0.2, -0.15) is 10.2 Å². The second-order valence-electron chi connectivity index (χ2n) is 6.76. The molecule has 0 saturated carbocycles. The number of nitrogen functional groups attached to an aromatic ring is 2. The minimum absolute atomic E-state index is 0.0883. The highest BCUT2D eigenvalue weighted by Crippen LogP contribution is 2.54. The summed E-state index contributed by atoms with van der Waals surface area (Å²) in [6, 6.07) is 16.6. The number of ether oxygens (including phenoxy) is 1. The molecule has 2 aromatic carbocycles. The molecule has 1 atom stereocenters. The largest absolute Gasteiger partial charge is 0.438 e. The van der Waals surface area contributed by atoms with Crippen LogP contribution in [-0.4, -0.2) is 4.98 Å². The van der Waals surface area contributed by atoms with Crippen molar-refractivity contribution >= 4 is 23.3 Å². The fourth-order valence-electron chi connectivity index (χ4n) is 3.35. The van der Waals surface area contributed by atoms with E-state index in [1.807, 2.05) is 19.1 Å². The highest BCUT2D eigenvalue weighted by atomic mass is 32.2. The molecule has 140 valence electrons. The first-order valence-corrected chi connectivity index (χ1v) is 9.92. The zero-order chi connectivity index (χ0) is 19.8. The molecule has 1 aliphatic heterocycles. The third-order valence-corrected chi connectivity index (χ3v) is 6.15. The first-order valence-electron chi connectivity index (χ1n) is 9.04. The summed E-state index contributed by atoms with van der Waals surface area (Å²) in [5.74, 6) is 1.19. The van der Waals surface area contributed by atoms with Crippen molar-refractivity contribution in [1.82, 2.24) is 4.98 Å². The number of pyridine rings is 1. The van der Waals surface area contributed by atoms with Crippen molar-refractivity contribution in [1.29, 1.82) is 5.26 Å². The van der Waals surface area contributed by atoms with Crippen molar-refractivity contribution in [2.24, 2.45) is 0 Å². The Morgan fingerprint density at radius 2 is 1.93 bits per heavy atom. The molecule has 28 heavy (non-hydrogen) atoms. The Morgan fingerprint density at radius 1 is 1.18 bits per heavy atom. The summed E-state index contributed by atoms with van der Waals surface area (Å²) in [6.07, 6.45) is 0.995. The second-order valence-corrected chi connectivity index (χ2v) is 7.93. The van der Waals surface area contributed by atoms with Gasteiger partial charge in [-0.3, -0.25) is 0 Å². The van der Waals surface area contributed by atoms with Crippen LogP contribution in [0.15, 0.2) is 47.4 Å². The summed E-state index contributed by atoms with van der Waals surface area (Å²) < 4.78 is 6.00. The van der Waals surface area contributed by atoms with E-state index in [9.17, 15) is 5.26 Å². The van der Waals surface area contributed by atoms with Crippen LogP contribution >= 0.6 is 11.8 Å². The molecule has 3 aromatic rings. The van der Waals surface area contributed by atoms with Gasteiger partial charge in [-0.15, -0.1) is 11.8 Å². The molecule has 0 saturated heterocycles. The van der Waals surface area contributed by atoms with Crippen LogP contribution in [0.5, 0.6) is 11.6 Å². The smallest absolute Gasteiger partial charge is 0.228 e. The maximum atomic E-state index is 9.48. The number of fused-ring (bicyclic) bond motifs is 2. The van der Waals surface area contributed by atoms with Crippen molar-refractivity contribution in [3.8, 4) is 17.7 Å². The first-order chi connectivity index (χ1) is 13.5. The molecule has 4 rings (SSSR count). The fourth-order valence-corrected chi connectivity index (χ4v) is 4.57. The quantitative estimate of drug-likeness (QED) is 0.657. The average molecular weight is 388 g/mol. The third-order valence-electron chi connectivity index (χ3n) is 4.88. The van der Waals surface area contributed by atoms with E-state index >= 15 is 0 Å². The van der Waals surface area contributed by atoms with Crippen LogP contribution in [0, 0.1) is 18.3 Å². The molecule has 1 aliphatic rings. The number of rotatable bonds is 3. The third kappa shape index (κ3) is 3.04. The molecule has 1 unspecified atom stereocenters. The van der Waals surface area contributed by atoms with E-state index in [-0.39, 0.29) is 16.6 Å². The number of benzene rings is 2. The van der Waals surface area contributed by atoms with Gasteiger partial charge in [0.15, 0.2) is 0 Å². The number of hydrogen-bond donors (Lipinski definition) is 2. The van der Waals surface area contributed by atoms with Crippen molar-refractivity contribution in [2.45, 2.75) is 30.4 Å². The predicted molar refractivity (Wildman–Crippen MR) is 113 cm³/mol. The number of nitriles is 1. The zero-order valence-corrected chi connectivity index (χ0v) is 16.5. The summed E-state index contributed by atoms with van der Waals surface area (Å²) in [4.78, 5) is 5.43. The van der Waals surface area contributed by atoms with Crippen LogP contribution in [0.25, 0.3) is 0 Å². The lowest BCUT2D eigenvalue weighted by molar-refractivity contribution is 0.441. The van der Waals surface area contributed by atoms with E-state index < -0.39 is 0 Å². The van der Waals surface area contributed by atoms with Gasteiger partial charge in [0.25, 0.3) is 0 Å². The predicted octanol–water partition coefficient (Wildman–Crippen LogP) is 4.98. The van der Waals surface area contributed by atoms with Crippen molar-refractivity contribution in [3.05, 3.63) is 70.3 Å².